The number of nitro groups is 1. The highest BCUT2D eigenvalue weighted by molar-refractivity contribution is 5.42. The predicted molar refractivity (Wildman–Crippen MR) is 80.5 cm³/mol. The fourth-order valence-corrected chi connectivity index (χ4v) is 2.33. The third-order valence-electron chi connectivity index (χ3n) is 3.33. The van der Waals surface area contributed by atoms with Gasteiger partial charge in [-0.3, -0.25) is 14.8 Å². The molecule has 0 unspecified atom stereocenters. The number of anilines is 1. The number of aryl methyl sites for hydroxylation is 1. The highest BCUT2D eigenvalue weighted by Gasteiger charge is 2.25. The number of nitrogens with one attached hydrogen (secondary N) is 1. The van der Waals surface area contributed by atoms with Gasteiger partial charge in [-0.05, 0) is 25.0 Å². The van der Waals surface area contributed by atoms with Gasteiger partial charge in [0, 0.05) is 7.05 Å². The van der Waals surface area contributed by atoms with Gasteiger partial charge in [-0.2, -0.15) is 5.10 Å². The number of hydrogen-bond donors (Lipinski definition) is 1. The van der Waals surface area contributed by atoms with E-state index in [1.54, 1.807) is 11.7 Å². The van der Waals surface area contributed by atoms with E-state index in [0.717, 1.165) is 11.5 Å². The molecule has 0 radical (unpaired) electrons. The Morgan fingerprint density at radius 3 is 2.67 bits per heavy atom. The van der Waals surface area contributed by atoms with E-state index in [1.165, 1.54) is 0 Å². The minimum Gasteiger partial charge on any atom is -0.373 e. The van der Waals surface area contributed by atoms with Crippen molar-refractivity contribution in [2.75, 3.05) is 12.4 Å². The molecule has 0 bridgehead atoms. The summed E-state index contributed by atoms with van der Waals surface area (Å²) < 4.78 is 1.69. The first-order valence-electron chi connectivity index (χ1n) is 6.97. The lowest BCUT2D eigenvalue weighted by Crippen LogP contribution is -2.08. The summed E-state index contributed by atoms with van der Waals surface area (Å²) in [6.45, 7) is 4.20. The van der Waals surface area contributed by atoms with Crippen molar-refractivity contribution in [2.24, 2.45) is 0 Å². The molecule has 112 valence electrons. The molecule has 0 fully saturated rings. The number of aromatic nitrogens is 3. The normalized spacial score (nSPS) is 10.6. The fourth-order valence-electron chi connectivity index (χ4n) is 2.33. The summed E-state index contributed by atoms with van der Waals surface area (Å²) in [7, 11) is 1.80. The molecule has 7 nitrogen and oxygen atoms in total. The molecule has 2 aromatic heterocycles. The van der Waals surface area contributed by atoms with Crippen LogP contribution in [0.15, 0.2) is 18.2 Å². The molecule has 0 aliphatic rings. The Bertz CT molecular complexity index is 651. The summed E-state index contributed by atoms with van der Waals surface area (Å²) >= 11 is 0. The van der Waals surface area contributed by atoms with Gasteiger partial charge in [-0.25, -0.2) is 4.98 Å². The highest BCUT2D eigenvalue weighted by Crippen LogP contribution is 2.25. The van der Waals surface area contributed by atoms with E-state index >= 15 is 0 Å². The van der Waals surface area contributed by atoms with E-state index in [-0.39, 0.29) is 10.6 Å². The van der Waals surface area contributed by atoms with Gasteiger partial charge in [0.1, 0.15) is 17.2 Å². The molecule has 0 aromatic carbocycles. The van der Waals surface area contributed by atoms with E-state index < -0.39 is 0 Å². The lowest BCUT2D eigenvalue weighted by atomic mass is 10.2. The second-order valence-corrected chi connectivity index (χ2v) is 4.63. The van der Waals surface area contributed by atoms with Gasteiger partial charge in [0.25, 0.3) is 0 Å². The van der Waals surface area contributed by atoms with Gasteiger partial charge >= 0.3 is 5.69 Å². The van der Waals surface area contributed by atoms with Gasteiger partial charge in [0.2, 0.25) is 0 Å². The first-order chi connectivity index (χ1) is 10.1. The SMILES string of the molecule is CCc1nn(Cc2cccc(NC)n2)c(CC)c1[N+](=O)[O-]. The Balaban J connectivity index is 2.41. The molecule has 2 rings (SSSR count). The van der Waals surface area contributed by atoms with Gasteiger partial charge in [0.15, 0.2) is 0 Å². The van der Waals surface area contributed by atoms with Crippen molar-refractivity contribution in [3.05, 3.63) is 45.4 Å². The molecule has 0 saturated carbocycles. The Morgan fingerprint density at radius 1 is 1.33 bits per heavy atom. The summed E-state index contributed by atoms with van der Waals surface area (Å²) in [6.07, 6.45) is 1.11. The third kappa shape index (κ3) is 3.01. The van der Waals surface area contributed by atoms with Crippen molar-refractivity contribution in [1.29, 1.82) is 0 Å². The molecule has 2 aromatic rings. The molecule has 1 N–H and O–H groups in total. The van der Waals surface area contributed by atoms with Crippen LogP contribution in [0.3, 0.4) is 0 Å². The van der Waals surface area contributed by atoms with Crippen LogP contribution in [0.4, 0.5) is 11.5 Å². The maximum absolute atomic E-state index is 11.3. The van der Waals surface area contributed by atoms with E-state index in [9.17, 15) is 10.1 Å². The van der Waals surface area contributed by atoms with Crippen LogP contribution in [0.5, 0.6) is 0 Å². The Hall–Kier alpha value is -2.44. The molecule has 0 aliphatic carbocycles. The summed E-state index contributed by atoms with van der Waals surface area (Å²) in [5, 5.41) is 18.6. The van der Waals surface area contributed by atoms with Crippen LogP contribution in [0.1, 0.15) is 30.9 Å². The predicted octanol–water partition coefficient (Wildman–Crippen LogP) is 2.40. The van der Waals surface area contributed by atoms with Crippen molar-refractivity contribution in [3.8, 4) is 0 Å². The molecule has 0 saturated heterocycles. The van der Waals surface area contributed by atoms with E-state index in [0.29, 0.717) is 30.8 Å². The molecule has 2 heterocycles. The van der Waals surface area contributed by atoms with E-state index in [2.05, 4.69) is 15.4 Å². The summed E-state index contributed by atoms with van der Waals surface area (Å²) in [5.41, 5.74) is 2.14. The largest absolute Gasteiger partial charge is 0.373 e. The average Bonchev–Trinajstić information content (AvgIpc) is 2.85. The average molecular weight is 289 g/mol. The second-order valence-electron chi connectivity index (χ2n) is 4.63. The summed E-state index contributed by atoms with van der Waals surface area (Å²) in [6, 6.07) is 5.66. The molecule has 0 amide bonds. The minimum absolute atomic E-state index is 0.143. The van der Waals surface area contributed by atoms with Gasteiger partial charge < -0.3 is 5.32 Å². The number of rotatable bonds is 6. The fraction of sp³-hybridized carbons (Fsp3) is 0.429. The highest BCUT2D eigenvalue weighted by atomic mass is 16.6. The Morgan fingerprint density at radius 2 is 2.10 bits per heavy atom. The van der Waals surface area contributed by atoms with Gasteiger partial charge in [-0.15, -0.1) is 0 Å². The number of pyridine rings is 1. The third-order valence-corrected chi connectivity index (χ3v) is 3.33. The molecule has 7 heteroatoms. The van der Waals surface area contributed by atoms with Crippen molar-refractivity contribution >= 4 is 11.5 Å². The lowest BCUT2D eigenvalue weighted by molar-refractivity contribution is -0.386. The Kier molecular flexibility index (Phi) is 4.52. The summed E-state index contributed by atoms with van der Waals surface area (Å²) in [4.78, 5) is 15.3. The smallest absolute Gasteiger partial charge is 0.313 e. The van der Waals surface area contributed by atoms with Crippen LogP contribution in [-0.4, -0.2) is 26.7 Å². The van der Waals surface area contributed by atoms with E-state index in [1.807, 2.05) is 32.0 Å². The first kappa shape index (κ1) is 15.0. The monoisotopic (exact) mass is 289 g/mol. The van der Waals surface area contributed by atoms with Crippen LogP contribution in [0, 0.1) is 10.1 Å². The van der Waals surface area contributed by atoms with Gasteiger partial charge in [0.05, 0.1) is 17.2 Å². The molecule has 0 atom stereocenters. The van der Waals surface area contributed by atoms with E-state index in [4.69, 9.17) is 0 Å². The van der Waals surface area contributed by atoms with Crippen LogP contribution < -0.4 is 5.32 Å². The first-order valence-corrected chi connectivity index (χ1v) is 6.97. The molecule has 0 aliphatic heterocycles. The topological polar surface area (TPSA) is 85.9 Å². The number of nitrogens with zero attached hydrogens (tertiary/aromatic N) is 4. The van der Waals surface area contributed by atoms with Crippen molar-refractivity contribution in [3.63, 3.8) is 0 Å². The number of hydrogen-bond acceptors (Lipinski definition) is 5. The van der Waals surface area contributed by atoms with Gasteiger partial charge in [-0.1, -0.05) is 19.9 Å². The van der Waals surface area contributed by atoms with Crippen LogP contribution in [-0.2, 0) is 19.4 Å². The molecular weight excluding hydrogens is 270 g/mol. The second kappa shape index (κ2) is 6.34. The van der Waals surface area contributed by atoms with Crippen LogP contribution in [0.25, 0.3) is 0 Å². The zero-order valence-electron chi connectivity index (χ0n) is 12.5. The zero-order valence-corrected chi connectivity index (χ0v) is 12.5. The lowest BCUT2D eigenvalue weighted by Gasteiger charge is -2.06. The quantitative estimate of drug-likeness (QED) is 0.652. The molecule has 0 spiro atoms. The zero-order chi connectivity index (χ0) is 15.4. The van der Waals surface area contributed by atoms with Crippen LogP contribution >= 0.6 is 0 Å². The van der Waals surface area contributed by atoms with Crippen LogP contribution in [0.2, 0.25) is 0 Å². The molecule has 21 heavy (non-hydrogen) atoms. The maximum Gasteiger partial charge on any atom is 0.313 e. The standard InChI is InChI=1S/C14H19N5O2/c1-4-11-14(19(20)21)12(5-2)18(17-11)9-10-7-6-8-13(15-3)16-10/h6-8H,4-5,9H2,1-3H3,(H,15,16). The minimum atomic E-state index is -0.335. The Labute approximate surface area is 123 Å². The summed E-state index contributed by atoms with van der Waals surface area (Å²) in [5.74, 6) is 0.767. The van der Waals surface area contributed by atoms with Crippen molar-refractivity contribution in [1.82, 2.24) is 14.8 Å². The maximum atomic E-state index is 11.3. The molecular formula is C14H19N5O2. The van der Waals surface area contributed by atoms with Crippen molar-refractivity contribution in [2.45, 2.75) is 33.2 Å². The van der Waals surface area contributed by atoms with Crippen molar-refractivity contribution < 1.29 is 4.92 Å².